The summed E-state index contributed by atoms with van der Waals surface area (Å²) in [5.41, 5.74) is 2.26. The second-order valence-electron chi connectivity index (χ2n) is 2.99. The van der Waals surface area contributed by atoms with E-state index >= 15 is 0 Å². The number of aryl methyl sites for hydroxylation is 1. The van der Waals surface area contributed by atoms with Crippen LogP contribution in [-0.2, 0) is 0 Å². The molecule has 0 aliphatic heterocycles. The summed E-state index contributed by atoms with van der Waals surface area (Å²) in [5, 5.41) is 8.72. The molecule has 2 aromatic heterocycles. The van der Waals surface area contributed by atoms with E-state index < -0.39 is 5.97 Å². The van der Waals surface area contributed by atoms with Crippen LogP contribution in [0.4, 0.5) is 0 Å². The first kappa shape index (κ1) is 8.62. The van der Waals surface area contributed by atoms with E-state index in [9.17, 15) is 4.79 Å². The number of fused-ring (bicyclic) bond motifs is 1. The number of pyridine rings is 2. The van der Waals surface area contributed by atoms with Crippen molar-refractivity contribution in [1.82, 2.24) is 9.97 Å². The molecule has 2 aromatic rings. The van der Waals surface area contributed by atoms with Gasteiger partial charge >= 0.3 is 5.97 Å². The Morgan fingerprint density at radius 1 is 1.14 bits per heavy atom. The SMILES string of the molecule is Cc1ccc2nc(C(=O)O)ccc2n1. The largest absolute Gasteiger partial charge is 0.477 e. The number of hydrogen-bond donors (Lipinski definition) is 1. The van der Waals surface area contributed by atoms with E-state index in [0.29, 0.717) is 5.52 Å². The predicted molar refractivity (Wildman–Crippen MR) is 51.2 cm³/mol. The third kappa shape index (κ3) is 1.42. The molecular weight excluding hydrogens is 180 g/mol. The molecule has 0 saturated carbocycles. The Balaban J connectivity index is 2.67. The lowest BCUT2D eigenvalue weighted by Crippen LogP contribution is -2.00. The Kier molecular flexibility index (Phi) is 1.89. The molecule has 0 saturated heterocycles. The molecule has 0 aliphatic rings. The molecule has 0 amide bonds. The number of hydrogen-bond acceptors (Lipinski definition) is 3. The maximum atomic E-state index is 10.6. The number of rotatable bonds is 1. The van der Waals surface area contributed by atoms with Crippen LogP contribution in [0.2, 0.25) is 0 Å². The quantitative estimate of drug-likeness (QED) is 0.738. The van der Waals surface area contributed by atoms with Crippen molar-refractivity contribution in [3.05, 3.63) is 35.7 Å². The molecule has 2 rings (SSSR count). The topological polar surface area (TPSA) is 63.1 Å². The van der Waals surface area contributed by atoms with Crippen molar-refractivity contribution in [2.45, 2.75) is 6.92 Å². The van der Waals surface area contributed by atoms with Gasteiger partial charge in [0, 0.05) is 5.69 Å². The highest BCUT2D eigenvalue weighted by atomic mass is 16.4. The van der Waals surface area contributed by atoms with Gasteiger partial charge in [-0.3, -0.25) is 4.98 Å². The van der Waals surface area contributed by atoms with Gasteiger partial charge in [-0.1, -0.05) is 0 Å². The third-order valence-electron chi connectivity index (χ3n) is 1.90. The van der Waals surface area contributed by atoms with E-state index in [-0.39, 0.29) is 5.69 Å². The zero-order valence-electron chi connectivity index (χ0n) is 7.56. The number of aromatic nitrogens is 2. The maximum Gasteiger partial charge on any atom is 0.354 e. The average Bonchev–Trinajstić information content (AvgIpc) is 2.16. The lowest BCUT2D eigenvalue weighted by molar-refractivity contribution is 0.0691. The smallest absolute Gasteiger partial charge is 0.354 e. The van der Waals surface area contributed by atoms with Gasteiger partial charge in [-0.2, -0.15) is 0 Å². The van der Waals surface area contributed by atoms with Gasteiger partial charge in [-0.05, 0) is 31.2 Å². The predicted octanol–water partition coefficient (Wildman–Crippen LogP) is 1.64. The Morgan fingerprint density at radius 3 is 2.50 bits per heavy atom. The van der Waals surface area contributed by atoms with Crippen molar-refractivity contribution in [3.63, 3.8) is 0 Å². The average molecular weight is 188 g/mol. The molecule has 0 fully saturated rings. The van der Waals surface area contributed by atoms with Gasteiger partial charge in [0.2, 0.25) is 0 Å². The third-order valence-corrected chi connectivity index (χ3v) is 1.90. The second kappa shape index (κ2) is 3.06. The molecule has 0 radical (unpaired) electrons. The van der Waals surface area contributed by atoms with Crippen LogP contribution in [0.25, 0.3) is 11.0 Å². The van der Waals surface area contributed by atoms with Crippen LogP contribution in [0.15, 0.2) is 24.3 Å². The Morgan fingerprint density at radius 2 is 1.79 bits per heavy atom. The number of carboxylic acids is 1. The van der Waals surface area contributed by atoms with Gasteiger partial charge in [0.1, 0.15) is 5.69 Å². The molecule has 0 aliphatic carbocycles. The monoisotopic (exact) mass is 188 g/mol. The fourth-order valence-corrected chi connectivity index (χ4v) is 1.23. The summed E-state index contributed by atoms with van der Waals surface area (Å²) in [6.07, 6.45) is 0. The standard InChI is InChI=1S/C10H8N2O2/c1-6-2-3-8-7(11-6)4-5-9(12-8)10(13)14/h2-5H,1H3,(H,13,14). The van der Waals surface area contributed by atoms with Crippen LogP contribution in [-0.4, -0.2) is 21.0 Å². The van der Waals surface area contributed by atoms with E-state index in [1.807, 2.05) is 6.92 Å². The minimum atomic E-state index is -1.02. The number of aromatic carboxylic acids is 1. The first-order valence-corrected chi connectivity index (χ1v) is 4.14. The van der Waals surface area contributed by atoms with Gasteiger partial charge < -0.3 is 5.11 Å². The lowest BCUT2D eigenvalue weighted by Gasteiger charge is -1.99. The van der Waals surface area contributed by atoms with Crippen molar-refractivity contribution in [3.8, 4) is 0 Å². The van der Waals surface area contributed by atoms with Crippen molar-refractivity contribution < 1.29 is 9.90 Å². The number of carboxylic acid groups (broad SMARTS) is 1. The highest BCUT2D eigenvalue weighted by Crippen LogP contribution is 2.10. The minimum absolute atomic E-state index is 0.0446. The van der Waals surface area contributed by atoms with Crippen molar-refractivity contribution >= 4 is 17.0 Å². The van der Waals surface area contributed by atoms with E-state index in [1.165, 1.54) is 6.07 Å². The zero-order chi connectivity index (χ0) is 10.1. The summed E-state index contributed by atoms with van der Waals surface area (Å²) in [5.74, 6) is -1.02. The maximum absolute atomic E-state index is 10.6. The fraction of sp³-hybridized carbons (Fsp3) is 0.100. The molecule has 0 spiro atoms. The molecule has 1 N–H and O–H groups in total. The molecule has 4 heteroatoms. The van der Waals surface area contributed by atoms with Crippen LogP contribution in [0.5, 0.6) is 0 Å². The van der Waals surface area contributed by atoms with Crippen LogP contribution < -0.4 is 0 Å². The van der Waals surface area contributed by atoms with E-state index in [2.05, 4.69) is 9.97 Å². The summed E-state index contributed by atoms with van der Waals surface area (Å²) in [7, 11) is 0. The van der Waals surface area contributed by atoms with Crippen molar-refractivity contribution in [1.29, 1.82) is 0 Å². The highest BCUT2D eigenvalue weighted by molar-refractivity contribution is 5.88. The van der Waals surface area contributed by atoms with E-state index in [4.69, 9.17) is 5.11 Å². The number of carbonyl (C=O) groups is 1. The zero-order valence-corrected chi connectivity index (χ0v) is 7.56. The van der Waals surface area contributed by atoms with Gasteiger partial charge in [0.05, 0.1) is 11.0 Å². The molecule has 0 unspecified atom stereocenters. The summed E-state index contributed by atoms with van der Waals surface area (Å²) >= 11 is 0. The molecule has 0 bridgehead atoms. The van der Waals surface area contributed by atoms with Crippen LogP contribution >= 0.6 is 0 Å². The molecule has 0 aromatic carbocycles. The number of nitrogens with zero attached hydrogens (tertiary/aromatic N) is 2. The first-order valence-electron chi connectivity index (χ1n) is 4.14. The molecular formula is C10H8N2O2. The molecule has 70 valence electrons. The summed E-state index contributed by atoms with van der Waals surface area (Å²) in [6.45, 7) is 1.88. The van der Waals surface area contributed by atoms with Crippen LogP contribution in [0.3, 0.4) is 0 Å². The second-order valence-corrected chi connectivity index (χ2v) is 2.99. The van der Waals surface area contributed by atoms with Gasteiger partial charge in [0.25, 0.3) is 0 Å². The van der Waals surface area contributed by atoms with Crippen LogP contribution in [0.1, 0.15) is 16.2 Å². The normalized spacial score (nSPS) is 10.4. The molecule has 4 nitrogen and oxygen atoms in total. The van der Waals surface area contributed by atoms with Crippen molar-refractivity contribution in [2.75, 3.05) is 0 Å². The molecule has 2 heterocycles. The van der Waals surface area contributed by atoms with E-state index in [0.717, 1.165) is 11.2 Å². The summed E-state index contributed by atoms with van der Waals surface area (Å²) in [4.78, 5) is 18.8. The summed E-state index contributed by atoms with van der Waals surface area (Å²) in [6, 6.07) is 6.70. The fourth-order valence-electron chi connectivity index (χ4n) is 1.23. The molecule has 0 atom stereocenters. The highest BCUT2D eigenvalue weighted by Gasteiger charge is 2.05. The van der Waals surface area contributed by atoms with Gasteiger partial charge in [0.15, 0.2) is 0 Å². The Labute approximate surface area is 80.2 Å². The van der Waals surface area contributed by atoms with E-state index in [1.54, 1.807) is 18.2 Å². The Hall–Kier alpha value is -1.97. The van der Waals surface area contributed by atoms with Crippen molar-refractivity contribution in [2.24, 2.45) is 0 Å². The molecule has 14 heavy (non-hydrogen) atoms. The lowest BCUT2D eigenvalue weighted by atomic mass is 10.2. The van der Waals surface area contributed by atoms with Crippen LogP contribution in [0, 0.1) is 6.92 Å². The summed E-state index contributed by atoms with van der Waals surface area (Å²) < 4.78 is 0. The Bertz CT molecular complexity index is 508. The van der Waals surface area contributed by atoms with Gasteiger partial charge in [-0.15, -0.1) is 0 Å². The minimum Gasteiger partial charge on any atom is -0.477 e. The first-order chi connectivity index (χ1) is 6.66. The van der Waals surface area contributed by atoms with Gasteiger partial charge in [-0.25, -0.2) is 9.78 Å².